The zero-order valence-corrected chi connectivity index (χ0v) is 11.2. The summed E-state index contributed by atoms with van der Waals surface area (Å²) in [6.07, 6.45) is 5.08. The van der Waals surface area contributed by atoms with Crippen LogP contribution in [-0.4, -0.2) is 18.3 Å². The summed E-state index contributed by atoms with van der Waals surface area (Å²) >= 11 is 0. The maximum Gasteiger partial charge on any atom is 0.161 e. The van der Waals surface area contributed by atoms with Crippen LogP contribution < -0.4 is 9.47 Å². The molecule has 0 spiro atoms. The van der Waals surface area contributed by atoms with Crippen molar-refractivity contribution in [3.05, 3.63) is 23.8 Å². The Kier molecular flexibility index (Phi) is 4.48. The summed E-state index contributed by atoms with van der Waals surface area (Å²) in [7, 11) is 1.63. The smallest absolute Gasteiger partial charge is 0.161 e. The fourth-order valence-electron chi connectivity index (χ4n) is 2.57. The van der Waals surface area contributed by atoms with Crippen molar-refractivity contribution in [1.29, 1.82) is 0 Å². The van der Waals surface area contributed by atoms with E-state index in [1.807, 2.05) is 18.2 Å². The minimum atomic E-state index is 0.0249. The SMILES string of the molecule is COc1cc(CO)ccc1OC1CCCC(C)C1. The molecule has 0 amide bonds. The Hall–Kier alpha value is -1.22. The molecular weight excluding hydrogens is 228 g/mol. The number of ether oxygens (including phenoxy) is 2. The minimum absolute atomic E-state index is 0.0249. The molecule has 1 saturated carbocycles. The van der Waals surface area contributed by atoms with Gasteiger partial charge in [0.1, 0.15) is 0 Å². The van der Waals surface area contributed by atoms with Gasteiger partial charge in [0.2, 0.25) is 0 Å². The first-order chi connectivity index (χ1) is 8.72. The molecule has 1 aromatic carbocycles. The molecule has 3 heteroatoms. The molecule has 0 aromatic heterocycles. The summed E-state index contributed by atoms with van der Waals surface area (Å²) in [5, 5.41) is 9.11. The third-order valence-electron chi connectivity index (χ3n) is 3.59. The maximum absolute atomic E-state index is 9.11. The Morgan fingerprint density at radius 3 is 2.78 bits per heavy atom. The first-order valence-electron chi connectivity index (χ1n) is 6.67. The molecule has 0 saturated heterocycles. The van der Waals surface area contributed by atoms with Crippen LogP contribution in [0, 0.1) is 5.92 Å². The molecule has 1 N–H and O–H groups in total. The Morgan fingerprint density at radius 1 is 1.28 bits per heavy atom. The van der Waals surface area contributed by atoms with Crippen molar-refractivity contribution in [3.8, 4) is 11.5 Å². The summed E-state index contributed by atoms with van der Waals surface area (Å²) < 4.78 is 11.4. The average Bonchev–Trinajstić information content (AvgIpc) is 2.39. The zero-order chi connectivity index (χ0) is 13.0. The van der Waals surface area contributed by atoms with Crippen LogP contribution in [0.15, 0.2) is 18.2 Å². The highest BCUT2D eigenvalue weighted by Gasteiger charge is 2.21. The molecular formula is C15H22O3. The van der Waals surface area contributed by atoms with Crippen molar-refractivity contribution in [2.24, 2.45) is 5.92 Å². The maximum atomic E-state index is 9.11. The predicted molar refractivity (Wildman–Crippen MR) is 71.0 cm³/mol. The highest BCUT2D eigenvalue weighted by atomic mass is 16.5. The molecule has 2 rings (SSSR count). The molecule has 0 heterocycles. The molecule has 0 aliphatic heterocycles. The van der Waals surface area contributed by atoms with Gasteiger partial charge in [0, 0.05) is 0 Å². The second kappa shape index (κ2) is 6.10. The number of benzene rings is 1. The number of aliphatic hydroxyl groups excluding tert-OH is 1. The molecule has 2 atom stereocenters. The lowest BCUT2D eigenvalue weighted by Crippen LogP contribution is -2.24. The van der Waals surface area contributed by atoms with Gasteiger partial charge in [0.05, 0.1) is 19.8 Å². The van der Waals surface area contributed by atoms with E-state index in [0.29, 0.717) is 11.9 Å². The van der Waals surface area contributed by atoms with Crippen LogP contribution in [0.3, 0.4) is 0 Å². The van der Waals surface area contributed by atoms with E-state index < -0.39 is 0 Å². The topological polar surface area (TPSA) is 38.7 Å². The van der Waals surface area contributed by atoms with E-state index in [-0.39, 0.29) is 6.61 Å². The summed E-state index contributed by atoms with van der Waals surface area (Å²) in [6, 6.07) is 5.61. The number of aliphatic hydroxyl groups is 1. The summed E-state index contributed by atoms with van der Waals surface area (Å²) in [6.45, 7) is 2.30. The van der Waals surface area contributed by atoms with Gasteiger partial charge in [0.15, 0.2) is 11.5 Å². The molecule has 1 aromatic rings. The fourth-order valence-corrected chi connectivity index (χ4v) is 2.57. The summed E-state index contributed by atoms with van der Waals surface area (Å²) in [5.74, 6) is 2.24. The average molecular weight is 250 g/mol. The van der Waals surface area contributed by atoms with Gasteiger partial charge < -0.3 is 14.6 Å². The summed E-state index contributed by atoms with van der Waals surface area (Å²) in [5.41, 5.74) is 0.844. The van der Waals surface area contributed by atoms with Gasteiger partial charge in [-0.05, 0) is 42.9 Å². The molecule has 3 nitrogen and oxygen atoms in total. The zero-order valence-electron chi connectivity index (χ0n) is 11.2. The van der Waals surface area contributed by atoms with E-state index in [9.17, 15) is 0 Å². The van der Waals surface area contributed by atoms with Gasteiger partial charge in [0.25, 0.3) is 0 Å². The Balaban J connectivity index is 2.08. The lowest BCUT2D eigenvalue weighted by molar-refractivity contribution is 0.125. The van der Waals surface area contributed by atoms with Crippen molar-refractivity contribution in [2.75, 3.05) is 7.11 Å². The fraction of sp³-hybridized carbons (Fsp3) is 0.600. The molecule has 1 aliphatic rings. The van der Waals surface area contributed by atoms with E-state index in [1.165, 1.54) is 12.8 Å². The van der Waals surface area contributed by atoms with Crippen molar-refractivity contribution in [1.82, 2.24) is 0 Å². The first-order valence-corrected chi connectivity index (χ1v) is 6.67. The van der Waals surface area contributed by atoms with Crippen LogP contribution in [0.1, 0.15) is 38.2 Å². The lowest BCUT2D eigenvalue weighted by atomic mass is 9.89. The molecule has 1 aliphatic carbocycles. The van der Waals surface area contributed by atoms with E-state index >= 15 is 0 Å². The third-order valence-corrected chi connectivity index (χ3v) is 3.59. The second-order valence-electron chi connectivity index (χ2n) is 5.15. The molecule has 0 bridgehead atoms. The molecule has 18 heavy (non-hydrogen) atoms. The largest absolute Gasteiger partial charge is 0.493 e. The molecule has 100 valence electrons. The minimum Gasteiger partial charge on any atom is -0.493 e. The standard InChI is InChI=1S/C15H22O3/c1-11-4-3-5-13(8-11)18-14-7-6-12(10-16)9-15(14)17-2/h6-7,9,11,13,16H,3-5,8,10H2,1-2H3. The second-order valence-corrected chi connectivity index (χ2v) is 5.15. The lowest BCUT2D eigenvalue weighted by Gasteiger charge is -2.28. The van der Waals surface area contributed by atoms with E-state index in [1.54, 1.807) is 7.11 Å². The van der Waals surface area contributed by atoms with Crippen molar-refractivity contribution in [3.63, 3.8) is 0 Å². The quantitative estimate of drug-likeness (QED) is 0.892. The number of hydrogen-bond donors (Lipinski definition) is 1. The van der Waals surface area contributed by atoms with E-state index in [0.717, 1.165) is 30.1 Å². The van der Waals surface area contributed by atoms with Crippen molar-refractivity contribution >= 4 is 0 Å². The van der Waals surface area contributed by atoms with Crippen LogP contribution in [-0.2, 0) is 6.61 Å². The van der Waals surface area contributed by atoms with Gasteiger partial charge in [-0.1, -0.05) is 19.4 Å². The molecule has 0 radical (unpaired) electrons. The first kappa shape index (κ1) is 13.2. The van der Waals surface area contributed by atoms with Crippen LogP contribution >= 0.6 is 0 Å². The monoisotopic (exact) mass is 250 g/mol. The van der Waals surface area contributed by atoms with E-state index in [4.69, 9.17) is 14.6 Å². The Morgan fingerprint density at radius 2 is 2.11 bits per heavy atom. The van der Waals surface area contributed by atoms with Crippen molar-refractivity contribution < 1.29 is 14.6 Å². The van der Waals surface area contributed by atoms with Crippen LogP contribution in [0.5, 0.6) is 11.5 Å². The number of methoxy groups -OCH3 is 1. The van der Waals surface area contributed by atoms with Gasteiger partial charge in [-0.3, -0.25) is 0 Å². The van der Waals surface area contributed by atoms with Crippen molar-refractivity contribution in [2.45, 2.75) is 45.3 Å². The van der Waals surface area contributed by atoms with Gasteiger partial charge >= 0.3 is 0 Å². The van der Waals surface area contributed by atoms with Gasteiger partial charge in [-0.2, -0.15) is 0 Å². The van der Waals surface area contributed by atoms with Crippen LogP contribution in [0.4, 0.5) is 0 Å². The van der Waals surface area contributed by atoms with Gasteiger partial charge in [-0.25, -0.2) is 0 Å². The Bertz CT molecular complexity index is 389. The number of rotatable bonds is 4. The Labute approximate surface area is 109 Å². The van der Waals surface area contributed by atoms with Crippen LogP contribution in [0.25, 0.3) is 0 Å². The normalized spacial score (nSPS) is 23.7. The molecule has 2 unspecified atom stereocenters. The summed E-state index contributed by atoms with van der Waals surface area (Å²) in [4.78, 5) is 0. The van der Waals surface area contributed by atoms with Gasteiger partial charge in [-0.15, -0.1) is 0 Å². The highest BCUT2D eigenvalue weighted by molar-refractivity contribution is 5.42. The predicted octanol–water partition coefficient (Wildman–Crippen LogP) is 3.15. The molecule has 1 fully saturated rings. The van der Waals surface area contributed by atoms with Crippen LogP contribution in [0.2, 0.25) is 0 Å². The third kappa shape index (κ3) is 3.16. The van der Waals surface area contributed by atoms with E-state index in [2.05, 4.69) is 6.92 Å². The highest BCUT2D eigenvalue weighted by Crippen LogP contribution is 2.33. The number of hydrogen-bond acceptors (Lipinski definition) is 3.